The zero-order valence-corrected chi connectivity index (χ0v) is 18.0. The molecule has 1 unspecified atom stereocenters. The Morgan fingerprint density at radius 1 is 1.33 bits per heavy atom. The molecule has 0 saturated heterocycles. The van der Waals surface area contributed by atoms with Gasteiger partial charge < -0.3 is 15.4 Å². The van der Waals surface area contributed by atoms with Gasteiger partial charge in [0, 0.05) is 21.4 Å². The number of phenols is 1. The summed E-state index contributed by atoms with van der Waals surface area (Å²) < 4.78 is 0. The molecule has 0 spiro atoms. The second kappa shape index (κ2) is 8.42. The van der Waals surface area contributed by atoms with E-state index in [0.29, 0.717) is 27.2 Å². The average Bonchev–Trinajstić information content (AvgIpc) is 3.39. The molecule has 0 saturated carbocycles. The maximum atomic E-state index is 12.7. The molecule has 0 aliphatic carbocycles. The van der Waals surface area contributed by atoms with Crippen LogP contribution in [0, 0.1) is 0 Å². The zero-order valence-electron chi connectivity index (χ0n) is 15.5. The van der Waals surface area contributed by atoms with E-state index >= 15 is 0 Å². The van der Waals surface area contributed by atoms with Crippen LogP contribution < -0.4 is 10.9 Å². The number of aromatic hydroxyl groups is 1. The summed E-state index contributed by atoms with van der Waals surface area (Å²) in [4.78, 5) is 45.0. The van der Waals surface area contributed by atoms with Crippen LogP contribution in [0.25, 0.3) is 20.7 Å². The van der Waals surface area contributed by atoms with Crippen molar-refractivity contribution >= 4 is 62.5 Å². The summed E-state index contributed by atoms with van der Waals surface area (Å²) in [5.74, 6) is -0.537. The van der Waals surface area contributed by atoms with Gasteiger partial charge in [-0.2, -0.15) is 0 Å². The topological polar surface area (TPSA) is 112 Å². The molecule has 3 heterocycles. The second-order valence-corrected chi connectivity index (χ2v) is 9.46. The normalized spacial score (nSPS) is 12.0. The van der Waals surface area contributed by atoms with Crippen LogP contribution in [0.4, 0.5) is 5.69 Å². The number of amides is 1. The van der Waals surface area contributed by atoms with Crippen LogP contribution in [0.5, 0.6) is 5.75 Å². The number of carbonyl (C=O) groups is 2. The molecule has 0 bridgehead atoms. The number of thiophene rings is 2. The Morgan fingerprint density at radius 3 is 2.90 bits per heavy atom. The first-order valence-electron chi connectivity index (χ1n) is 8.77. The number of thioether (sulfide) groups is 1. The van der Waals surface area contributed by atoms with Crippen LogP contribution in [-0.4, -0.2) is 32.5 Å². The van der Waals surface area contributed by atoms with Crippen molar-refractivity contribution in [3.63, 3.8) is 0 Å². The largest absolute Gasteiger partial charge is 0.506 e. The third-order valence-corrected chi connectivity index (χ3v) is 7.04. The number of rotatable bonds is 6. The number of benzene rings is 1. The first kappa shape index (κ1) is 20.3. The van der Waals surface area contributed by atoms with E-state index in [2.05, 4.69) is 15.3 Å². The van der Waals surface area contributed by atoms with Crippen molar-refractivity contribution in [1.29, 1.82) is 0 Å². The van der Waals surface area contributed by atoms with Crippen LogP contribution >= 0.6 is 34.4 Å². The van der Waals surface area contributed by atoms with Gasteiger partial charge in [0.25, 0.3) is 5.56 Å². The first-order chi connectivity index (χ1) is 14.5. The molecular formula is C20H15N3O4S3. The summed E-state index contributed by atoms with van der Waals surface area (Å²) in [6, 6.07) is 8.06. The van der Waals surface area contributed by atoms with E-state index in [1.807, 2.05) is 22.9 Å². The molecule has 1 amide bonds. The van der Waals surface area contributed by atoms with E-state index in [4.69, 9.17) is 0 Å². The average molecular weight is 458 g/mol. The summed E-state index contributed by atoms with van der Waals surface area (Å²) in [5.41, 5.74) is 1.08. The van der Waals surface area contributed by atoms with Gasteiger partial charge in [0.05, 0.1) is 16.3 Å². The van der Waals surface area contributed by atoms with E-state index in [-0.39, 0.29) is 17.0 Å². The molecule has 4 aromatic rings. The summed E-state index contributed by atoms with van der Waals surface area (Å²) in [5, 5.41) is 16.6. The van der Waals surface area contributed by atoms with Gasteiger partial charge in [0.1, 0.15) is 16.9 Å². The van der Waals surface area contributed by atoms with Crippen molar-refractivity contribution in [2.45, 2.75) is 17.3 Å². The number of aromatic amines is 1. The Bertz CT molecular complexity index is 1290. The summed E-state index contributed by atoms with van der Waals surface area (Å²) in [6.45, 7) is 1.66. The van der Waals surface area contributed by atoms with Gasteiger partial charge in [-0.15, -0.1) is 22.7 Å². The fourth-order valence-corrected chi connectivity index (χ4v) is 5.40. The van der Waals surface area contributed by atoms with Gasteiger partial charge in [-0.1, -0.05) is 17.8 Å². The number of aromatic nitrogens is 2. The molecule has 1 aromatic carbocycles. The Hall–Kier alpha value is -2.95. The Morgan fingerprint density at radius 2 is 2.17 bits per heavy atom. The molecular weight excluding hydrogens is 442 g/mol. The fraction of sp³-hybridized carbons (Fsp3) is 0.100. The lowest BCUT2D eigenvalue weighted by atomic mass is 10.2. The van der Waals surface area contributed by atoms with Gasteiger partial charge in [0.2, 0.25) is 5.91 Å². The third-order valence-electron chi connectivity index (χ3n) is 4.28. The molecule has 1 atom stereocenters. The lowest BCUT2D eigenvalue weighted by Crippen LogP contribution is -2.23. The Labute approximate surface area is 182 Å². The number of nitrogens with zero attached hydrogens (tertiary/aromatic N) is 1. The van der Waals surface area contributed by atoms with E-state index in [0.717, 1.165) is 22.2 Å². The molecule has 10 heteroatoms. The smallest absolute Gasteiger partial charge is 0.260 e. The third kappa shape index (κ3) is 4.02. The number of hydrogen-bond donors (Lipinski definition) is 3. The minimum Gasteiger partial charge on any atom is -0.506 e. The summed E-state index contributed by atoms with van der Waals surface area (Å²) in [7, 11) is 0. The van der Waals surface area contributed by atoms with E-state index in [9.17, 15) is 19.5 Å². The van der Waals surface area contributed by atoms with Gasteiger partial charge in [0.15, 0.2) is 5.16 Å². The molecule has 0 fully saturated rings. The molecule has 7 nitrogen and oxygen atoms in total. The molecule has 0 aliphatic heterocycles. The highest BCUT2D eigenvalue weighted by Crippen LogP contribution is 2.34. The van der Waals surface area contributed by atoms with E-state index < -0.39 is 11.2 Å². The highest BCUT2D eigenvalue weighted by atomic mass is 32.2. The lowest BCUT2D eigenvalue weighted by Gasteiger charge is -2.12. The van der Waals surface area contributed by atoms with Crippen molar-refractivity contribution < 1.29 is 14.7 Å². The van der Waals surface area contributed by atoms with Crippen molar-refractivity contribution in [3.05, 3.63) is 57.0 Å². The number of phenolic OH excluding ortho intramolecular Hbond substituents is 1. The van der Waals surface area contributed by atoms with Crippen molar-refractivity contribution in [2.24, 2.45) is 0 Å². The molecule has 3 N–H and O–H groups in total. The predicted molar refractivity (Wildman–Crippen MR) is 121 cm³/mol. The van der Waals surface area contributed by atoms with Gasteiger partial charge in [-0.3, -0.25) is 14.4 Å². The SMILES string of the molecule is CC(Sc1nc2scc(-c3cccs3)c2c(=O)[nH]1)C(=O)Nc1cc(C=O)ccc1O. The monoisotopic (exact) mass is 457 g/mol. The minimum absolute atomic E-state index is 0.140. The number of hydrogen-bond acceptors (Lipinski definition) is 8. The maximum Gasteiger partial charge on any atom is 0.260 e. The van der Waals surface area contributed by atoms with Gasteiger partial charge in [-0.05, 0) is 36.6 Å². The molecule has 0 aliphatic rings. The number of carbonyl (C=O) groups excluding carboxylic acids is 2. The number of nitrogens with one attached hydrogen (secondary N) is 2. The predicted octanol–water partition coefficient (Wildman–Crippen LogP) is 4.35. The Balaban J connectivity index is 1.54. The quantitative estimate of drug-likeness (QED) is 0.172. The van der Waals surface area contributed by atoms with Crippen molar-refractivity contribution in [1.82, 2.24) is 9.97 Å². The van der Waals surface area contributed by atoms with Crippen LogP contribution in [-0.2, 0) is 4.79 Å². The van der Waals surface area contributed by atoms with E-state index in [1.165, 1.54) is 29.5 Å². The van der Waals surface area contributed by atoms with Crippen LogP contribution in [0.15, 0.2) is 51.0 Å². The fourth-order valence-electron chi connectivity index (χ4n) is 2.78. The van der Waals surface area contributed by atoms with Crippen molar-refractivity contribution in [2.75, 3.05) is 5.32 Å². The number of aldehydes is 1. The Kier molecular flexibility index (Phi) is 5.71. The van der Waals surface area contributed by atoms with Crippen LogP contribution in [0.1, 0.15) is 17.3 Å². The number of anilines is 1. The molecule has 0 radical (unpaired) electrons. The number of fused-ring (bicyclic) bond motifs is 1. The highest BCUT2D eigenvalue weighted by molar-refractivity contribution is 8.00. The maximum absolute atomic E-state index is 12.7. The zero-order chi connectivity index (χ0) is 21.3. The lowest BCUT2D eigenvalue weighted by molar-refractivity contribution is -0.115. The molecule has 4 rings (SSSR count). The van der Waals surface area contributed by atoms with Gasteiger partial charge >= 0.3 is 0 Å². The minimum atomic E-state index is -0.610. The highest BCUT2D eigenvalue weighted by Gasteiger charge is 2.19. The summed E-state index contributed by atoms with van der Waals surface area (Å²) >= 11 is 4.04. The molecule has 30 heavy (non-hydrogen) atoms. The standard InChI is InChI=1S/C20H15N3O4S3/c1-10(17(26)21-13-7-11(8-24)4-5-14(13)25)30-20-22-18(27)16-12(9-29-19(16)23-20)15-3-2-6-28-15/h2-10,25H,1H3,(H,21,26)(H,22,23,27). The van der Waals surface area contributed by atoms with E-state index in [1.54, 1.807) is 18.3 Å². The number of H-pyrrole nitrogens is 1. The van der Waals surface area contributed by atoms with Crippen LogP contribution in [0.3, 0.4) is 0 Å². The van der Waals surface area contributed by atoms with Crippen LogP contribution in [0.2, 0.25) is 0 Å². The van der Waals surface area contributed by atoms with Gasteiger partial charge in [-0.25, -0.2) is 4.98 Å². The molecule has 152 valence electrons. The second-order valence-electron chi connectivity index (χ2n) is 6.32. The summed E-state index contributed by atoms with van der Waals surface area (Å²) in [6.07, 6.45) is 0.628. The first-order valence-corrected chi connectivity index (χ1v) is 11.4. The molecule has 3 aromatic heterocycles. The van der Waals surface area contributed by atoms with Crippen molar-refractivity contribution in [3.8, 4) is 16.2 Å².